The first-order valence-corrected chi connectivity index (χ1v) is 5.73. The van der Waals surface area contributed by atoms with Crippen LogP contribution in [-0.4, -0.2) is 23.0 Å². The van der Waals surface area contributed by atoms with Crippen molar-refractivity contribution in [1.29, 1.82) is 0 Å². The zero-order valence-corrected chi connectivity index (χ0v) is 10.9. The van der Waals surface area contributed by atoms with Gasteiger partial charge >= 0.3 is 11.9 Å². The highest BCUT2D eigenvalue weighted by Crippen LogP contribution is 2.17. The van der Waals surface area contributed by atoms with Crippen LogP contribution in [0.25, 0.3) is 0 Å². The predicted octanol–water partition coefficient (Wildman–Crippen LogP) is 2.01. The van der Waals surface area contributed by atoms with E-state index in [9.17, 15) is 19.7 Å². The van der Waals surface area contributed by atoms with Crippen LogP contribution in [0.3, 0.4) is 0 Å². The number of non-ortho nitro benzene ring substituents is 1. The third-order valence-electron chi connectivity index (χ3n) is 2.19. The molecule has 0 spiro atoms. The van der Waals surface area contributed by atoms with Gasteiger partial charge in [-0.15, -0.1) is 0 Å². The maximum atomic E-state index is 11.6. The zero-order valence-electron chi connectivity index (χ0n) is 10.9. The van der Waals surface area contributed by atoms with E-state index in [1.54, 1.807) is 6.92 Å². The second-order valence-electron chi connectivity index (χ2n) is 3.75. The largest absolute Gasteiger partial charge is 0.447 e. The molecule has 1 atom stereocenters. The molecule has 20 heavy (non-hydrogen) atoms. The van der Waals surface area contributed by atoms with Crippen LogP contribution in [0.2, 0.25) is 0 Å². The van der Waals surface area contributed by atoms with Crippen molar-refractivity contribution in [3.05, 3.63) is 46.5 Å². The van der Waals surface area contributed by atoms with Crippen LogP contribution < -0.4 is 4.74 Å². The van der Waals surface area contributed by atoms with E-state index in [2.05, 4.69) is 0 Å². The van der Waals surface area contributed by atoms with E-state index < -0.39 is 23.0 Å². The van der Waals surface area contributed by atoms with Crippen LogP contribution in [0.1, 0.15) is 13.8 Å². The lowest BCUT2D eigenvalue weighted by atomic mass is 10.3. The van der Waals surface area contributed by atoms with Crippen molar-refractivity contribution in [2.24, 2.45) is 0 Å². The van der Waals surface area contributed by atoms with Crippen molar-refractivity contribution >= 4 is 17.6 Å². The standard InChI is InChI=1S/C13H13NO6/c1-3-4-12(15)19-9(2)13(16)20-11-7-5-10(6-8-11)14(17)18/h3-9H,1-2H3/b4-3+. The van der Waals surface area contributed by atoms with Gasteiger partial charge in [-0.05, 0) is 26.0 Å². The Bertz CT molecular complexity index is 534. The molecule has 0 saturated heterocycles. The van der Waals surface area contributed by atoms with Crippen LogP contribution in [0, 0.1) is 10.1 Å². The number of esters is 2. The molecule has 106 valence electrons. The number of benzene rings is 1. The smallest absolute Gasteiger partial charge is 0.352 e. The second-order valence-corrected chi connectivity index (χ2v) is 3.75. The summed E-state index contributed by atoms with van der Waals surface area (Å²) in [4.78, 5) is 32.6. The van der Waals surface area contributed by atoms with Gasteiger partial charge in [-0.25, -0.2) is 9.59 Å². The normalized spacial score (nSPS) is 11.9. The van der Waals surface area contributed by atoms with Gasteiger partial charge in [0.1, 0.15) is 5.75 Å². The molecule has 0 N–H and O–H groups in total. The molecule has 0 heterocycles. The van der Waals surface area contributed by atoms with Crippen LogP contribution in [-0.2, 0) is 14.3 Å². The summed E-state index contributed by atoms with van der Waals surface area (Å²) in [5, 5.41) is 10.5. The molecule has 0 fully saturated rings. The Hall–Kier alpha value is -2.70. The summed E-state index contributed by atoms with van der Waals surface area (Å²) in [6.07, 6.45) is 1.58. The Morgan fingerprint density at radius 3 is 2.40 bits per heavy atom. The molecule has 0 aliphatic carbocycles. The Morgan fingerprint density at radius 2 is 1.90 bits per heavy atom. The van der Waals surface area contributed by atoms with E-state index in [-0.39, 0.29) is 11.4 Å². The molecule has 0 aromatic heterocycles. The predicted molar refractivity (Wildman–Crippen MR) is 69.1 cm³/mol. The number of hydrogen-bond donors (Lipinski definition) is 0. The number of ether oxygens (including phenoxy) is 2. The lowest BCUT2D eigenvalue weighted by Crippen LogP contribution is -2.27. The molecule has 1 aromatic rings. The van der Waals surface area contributed by atoms with Crippen LogP contribution >= 0.6 is 0 Å². The highest BCUT2D eigenvalue weighted by Gasteiger charge is 2.19. The SMILES string of the molecule is C/C=C/C(=O)OC(C)C(=O)Oc1ccc([N+](=O)[O-])cc1. The fourth-order valence-corrected chi connectivity index (χ4v) is 1.23. The molecule has 0 saturated carbocycles. The Kier molecular flexibility index (Phi) is 5.40. The van der Waals surface area contributed by atoms with Gasteiger partial charge in [0.05, 0.1) is 4.92 Å². The van der Waals surface area contributed by atoms with Gasteiger partial charge in [-0.2, -0.15) is 0 Å². The third kappa shape index (κ3) is 4.52. The number of hydrogen-bond acceptors (Lipinski definition) is 6. The highest BCUT2D eigenvalue weighted by molar-refractivity contribution is 5.86. The molecule has 0 aliphatic rings. The van der Waals surface area contributed by atoms with E-state index in [0.29, 0.717) is 0 Å². The lowest BCUT2D eigenvalue weighted by molar-refractivity contribution is -0.384. The lowest BCUT2D eigenvalue weighted by Gasteiger charge is -2.11. The highest BCUT2D eigenvalue weighted by atomic mass is 16.6. The van der Waals surface area contributed by atoms with Crippen molar-refractivity contribution in [2.45, 2.75) is 20.0 Å². The van der Waals surface area contributed by atoms with Gasteiger partial charge in [0.15, 0.2) is 6.10 Å². The van der Waals surface area contributed by atoms with E-state index in [1.165, 1.54) is 43.3 Å². The summed E-state index contributed by atoms with van der Waals surface area (Å²) in [5.74, 6) is -1.29. The molecule has 1 aromatic carbocycles. The summed E-state index contributed by atoms with van der Waals surface area (Å²) < 4.78 is 9.71. The van der Waals surface area contributed by atoms with Gasteiger partial charge in [-0.1, -0.05) is 6.08 Å². The van der Waals surface area contributed by atoms with Crippen LogP contribution in [0.15, 0.2) is 36.4 Å². The number of nitrogens with zero attached hydrogens (tertiary/aromatic N) is 1. The van der Waals surface area contributed by atoms with Crippen molar-refractivity contribution in [3.63, 3.8) is 0 Å². The molecule has 7 nitrogen and oxygen atoms in total. The molecule has 1 rings (SSSR count). The average Bonchev–Trinajstić information content (AvgIpc) is 2.39. The van der Waals surface area contributed by atoms with Gasteiger partial charge in [0.2, 0.25) is 0 Å². The molecular weight excluding hydrogens is 266 g/mol. The molecular formula is C13H13NO6. The zero-order chi connectivity index (χ0) is 15.1. The number of nitro groups is 1. The molecule has 0 radical (unpaired) electrons. The number of allylic oxidation sites excluding steroid dienone is 1. The van der Waals surface area contributed by atoms with Crippen molar-refractivity contribution in [2.75, 3.05) is 0 Å². The van der Waals surface area contributed by atoms with Crippen molar-refractivity contribution in [1.82, 2.24) is 0 Å². The van der Waals surface area contributed by atoms with E-state index >= 15 is 0 Å². The maximum Gasteiger partial charge on any atom is 0.352 e. The number of nitro benzene ring substituents is 1. The molecule has 1 unspecified atom stereocenters. The van der Waals surface area contributed by atoms with E-state index in [0.717, 1.165) is 0 Å². The van der Waals surface area contributed by atoms with Gasteiger partial charge in [0, 0.05) is 18.2 Å². The Balaban J connectivity index is 2.61. The first kappa shape index (κ1) is 15.4. The third-order valence-corrected chi connectivity index (χ3v) is 2.19. The number of carbonyl (C=O) groups is 2. The summed E-state index contributed by atoms with van der Waals surface area (Å²) in [6, 6.07) is 4.99. The fourth-order valence-electron chi connectivity index (χ4n) is 1.23. The second kappa shape index (κ2) is 7.03. The first-order valence-electron chi connectivity index (χ1n) is 5.73. The minimum atomic E-state index is -1.08. The summed E-state index contributed by atoms with van der Waals surface area (Å²) in [6.45, 7) is 3.01. The Labute approximate surface area is 114 Å². The topological polar surface area (TPSA) is 95.7 Å². The monoisotopic (exact) mass is 279 g/mol. The van der Waals surface area contributed by atoms with Crippen LogP contribution in [0.4, 0.5) is 5.69 Å². The van der Waals surface area contributed by atoms with Crippen molar-refractivity contribution < 1.29 is 24.0 Å². The molecule has 0 aliphatic heterocycles. The average molecular weight is 279 g/mol. The van der Waals surface area contributed by atoms with Crippen LogP contribution in [0.5, 0.6) is 5.75 Å². The maximum absolute atomic E-state index is 11.6. The van der Waals surface area contributed by atoms with E-state index in [1.807, 2.05) is 0 Å². The number of rotatable bonds is 5. The van der Waals surface area contributed by atoms with Gasteiger partial charge < -0.3 is 9.47 Å². The van der Waals surface area contributed by atoms with Crippen molar-refractivity contribution in [3.8, 4) is 5.75 Å². The fraction of sp³-hybridized carbons (Fsp3) is 0.231. The summed E-state index contributed by atoms with van der Waals surface area (Å²) >= 11 is 0. The molecule has 0 amide bonds. The van der Waals surface area contributed by atoms with Gasteiger partial charge in [0.25, 0.3) is 5.69 Å². The first-order chi connectivity index (χ1) is 9.43. The molecule has 0 bridgehead atoms. The minimum Gasteiger partial charge on any atom is -0.447 e. The van der Waals surface area contributed by atoms with Gasteiger partial charge in [-0.3, -0.25) is 10.1 Å². The van der Waals surface area contributed by atoms with E-state index in [4.69, 9.17) is 9.47 Å². The summed E-state index contributed by atoms with van der Waals surface area (Å²) in [7, 11) is 0. The minimum absolute atomic E-state index is 0.114. The number of carbonyl (C=O) groups excluding carboxylic acids is 2. The molecule has 7 heteroatoms. The quantitative estimate of drug-likeness (QED) is 0.269. The summed E-state index contributed by atoms with van der Waals surface area (Å²) in [5.41, 5.74) is -0.114. The Morgan fingerprint density at radius 1 is 1.30 bits per heavy atom.